The van der Waals surface area contributed by atoms with Crippen LogP contribution < -0.4 is 0 Å². The number of phenols is 1. The summed E-state index contributed by atoms with van der Waals surface area (Å²) >= 11 is 0. The average Bonchev–Trinajstić information content (AvgIpc) is 2.37. The summed E-state index contributed by atoms with van der Waals surface area (Å²) in [5, 5.41) is 20.0. The number of carbonyl (C=O) groups is 1. The molecule has 4 heteroatoms. The molecule has 0 aromatic heterocycles. The van der Waals surface area contributed by atoms with Gasteiger partial charge in [0, 0.05) is 0 Å². The Hall–Kier alpha value is -2.54. The number of nitriles is 1. The van der Waals surface area contributed by atoms with Crippen molar-refractivity contribution in [2.45, 2.75) is 13.0 Å². The molecule has 0 radical (unpaired) electrons. The van der Waals surface area contributed by atoms with E-state index in [9.17, 15) is 9.90 Å². The molecule has 18 heavy (non-hydrogen) atoms. The third-order valence-electron chi connectivity index (χ3n) is 2.55. The summed E-state index contributed by atoms with van der Waals surface area (Å²) in [6, 6.07) is 12.2. The Morgan fingerprint density at radius 2 is 1.94 bits per heavy atom. The van der Waals surface area contributed by atoms with Crippen LogP contribution >= 0.6 is 0 Å². The monoisotopic (exact) mass is 241 g/mol. The normalized spacial score (nSPS) is 11.8. The third kappa shape index (κ3) is 2.25. The first-order valence-electron chi connectivity index (χ1n) is 5.44. The lowest BCUT2D eigenvalue weighted by Gasteiger charge is -2.08. The molecule has 1 unspecified atom stereocenters. The zero-order valence-electron chi connectivity index (χ0n) is 9.75. The smallest absolute Gasteiger partial charge is 0.343 e. The second-order valence-electron chi connectivity index (χ2n) is 3.89. The van der Waals surface area contributed by atoms with Gasteiger partial charge < -0.3 is 9.84 Å². The summed E-state index contributed by atoms with van der Waals surface area (Å²) in [5.74, 6) is -0.851. The van der Waals surface area contributed by atoms with Gasteiger partial charge in [-0.05, 0) is 29.8 Å². The number of benzene rings is 2. The first kappa shape index (κ1) is 11.9. The number of carbonyl (C=O) groups excluding carboxylic acids is 1. The van der Waals surface area contributed by atoms with Gasteiger partial charge in [-0.3, -0.25) is 0 Å². The highest BCUT2D eigenvalue weighted by Crippen LogP contribution is 2.25. The van der Waals surface area contributed by atoms with Gasteiger partial charge in [0.1, 0.15) is 17.4 Å². The number of nitrogens with zero attached hydrogens (tertiary/aromatic N) is 1. The number of rotatable bonds is 2. The van der Waals surface area contributed by atoms with Crippen molar-refractivity contribution in [2.24, 2.45) is 0 Å². The predicted molar refractivity (Wildman–Crippen MR) is 66.1 cm³/mol. The van der Waals surface area contributed by atoms with E-state index in [1.165, 1.54) is 13.0 Å². The summed E-state index contributed by atoms with van der Waals surface area (Å²) in [6.07, 6.45) is -0.844. The lowest BCUT2D eigenvalue weighted by molar-refractivity contribution is 0.0432. The van der Waals surface area contributed by atoms with Crippen molar-refractivity contribution in [3.63, 3.8) is 0 Å². The van der Waals surface area contributed by atoms with Crippen LogP contribution in [0.15, 0.2) is 36.4 Å². The molecule has 2 aromatic carbocycles. The molecular formula is C14H11NO3. The summed E-state index contributed by atoms with van der Waals surface area (Å²) in [4.78, 5) is 11.7. The first-order chi connectivity index (χ1) is 8.61. The number of hydrogen-bond acceptors (Lipinski definition) is 4. The SMILES string of the molecule is CC(C#N)OC(=O)c1cc2ccccc2cc1O. The molecule has 0 aliphatic heterocycles. The molecule has 0 bridgehead atoms. The maximum atomic E-state index is 11.7. The van der Waals surface area contributed by atoms with Crippen LogP contribution in [0.1, 0.15) is 17.3 Å². The standard InChI is InChI=1S/C14H11NO3/c1-9(8-15)18-14(17)12-6-10-4-2-3-5-11(10)7-13(12)16/h2-7,9,16H,1H3. The second-order valence-corrected chi connectivity index (χ2v) is 3.89. The molecule has 2 aromatic rings. The average molecular weight is 241 g/mol. The van der Waals surface area contributed by atoms with Crippen LogP contribution in [-0.2, 0) is 4.74 Å². The van der Waals surface area contributed by atoms with Gasteiger partial charge in [0.2, 0.25) is 0 Å². The second kappa shape index (κ2) is 4.76. The van der Waals surface area contributed by atoms with Gasteiger partial charge in [0.25, 0.3) is 0 Å². The molecule has 90 valence electrons. The Bertz CT molecular complexity index is 643. The Balaban J connectivity index is 2.42. The van der Waals surface area contributed by atoms with Gasteiger partial charge in [0.15, 0.2) is 6.10 Å². The fourth-order valence-electron chi connectivity index (χ4n) is 1.64. The van der Waals surface area contributed by atoms with E-state index >= 15 is 0 Å². The number of aromatic hydroxyl groups is 1. The van der Waals surface area contributed by atoms with Crippen molar-refractivity contribution >= 4 is 16.7 Å². The largest absolute Gasteiger partial charge is 0.507 e. The van der Waals surface area contributed by atoms with Gasteiger partial charge in [-0.25, -0.2) is 4.79 Å². The van der Waals surface area contributed by atoms with Crippen molar-refractivity contribution in [1.82, 2.24) is 0 Å². The van der Waals surface area contributed by atoms with Crippen LogP contribution in [0.2, 0.25) is 0 Å². The van der Waals surface area contributed by atoms with Gasteiger partial charge in [-0.2, -0.15) is 5.26 Å². The number of esters is 1. The number of phenolic OH excluding ortho intramolecular Hbond substituents is 1. The summed E-state index contributed by atoms with van der Waals surface area (Å²) in [5.41, 5.74) is 0.0656. The minimum atomic E-state index is -0.844. The molecule has 1 N–H and O–H groups in total. The maximum absolute atomic E-state index is 11.7. The highest BCUT2D eigenvalue weighted by Gasteiger charge is 2.16. The van der Waals surface area contributed by atoms with E-state index in [1.807, 2.05) is 24.3 Å². The van der Waals surface area contributed by atoms with E-state index in [4.69, 9.17) is 10.00 Å². The van der Waals surface area contributed by atoms with Crippen LogP contribution in [0.4, 0.5) is 0 Å². The van der Waals surface area contributed by atoms with Gasteiger partial charge in [0.05, 0.1) is 0 Å². The quantitative estimate of drug-likeness (QED) is 0.820. The van der Waals surface area contributed by atoms with Crippen LogP contribution in [0.25, 0.3) is 10.8 Å². The molecule has 0 heterocycles. The van der Waals surface area contributed by atoms with Crippen LogP contribution in [-0.4, -0.2) is 17.2 Å². The van der Waals surface area contributed by atoms with Crippen LogP contribution in [0.5, 0.6) is 5.75 Å². The summed E-state index contributed by atoms with van der Waals surface area (Å²) in [7, 11) is 0. The van der Waals surface area contributed by atoms with E-state index in [-0.39, 0.29) is 11.3 Å². The molecule has 0 saturated heterocycles. The predicted octanol–water partition coefficient (Wildman–Crippen LogP) is 2.61. The molecule has 4 nitrogen and oxygen atoms in total. The maximum Gasteiger partial charge on any atom is 0.343 e. The van der Waals surface area contributed by atoms with Crippen molar-refractivity contribution in [3.05, 3.63) is 42.0 Å². The Morgan fingerprint density at radius 3 is 2.56 bits per heavy atom. The zero-order chi connectivity index (χ0) is 13.1. The number of hydrogen-bond donors (Lipinski definition) is 1. The third-order valence-corrected chi connectivity index (χ3v) is 2.55. The van der Waals surface area contributed by atoms with E-state index in [2.05, 4.69) is 0 Å². The minimum Gasteiger partial charge on any atom is -0.507 e. The zero-order valence-corrected chi connectivity index (χ0v) is 9.75. The van der Waals surface area contributed by atoms with Gasteiger partial charge >= 0.3 is 5.97 Å². The van der Waals surface area contributed by atoms with E-state index < -0.39 is 12.1 Å². The van der Waals surface area contributed by atoms with Crippen molar-refractivity contribution in [2.75, 3.05) is 0 Å². The molecular weight excluding hydrogens is 230 g/mol. The molecule has 0 spiro atoms. The highest BCUT2D eigenvalue weighted by molar-refractivity contribution is 5.98. The fraction of sp³-hybridized carbons (Fsp3) is 0.143. The minimum absolute atomic E-state index is 0.0656. The molecule has 0 saturated carbocycles. The van der Waals surface area contributed by atoms with Crippen LogP contribution in [0, 0.1) is 11.3 Å². The van der Waals surface area contributed by atoms with Crippen molar-refractivity contribution in [3.8, 4) is 11.8 Å². The van der Waals surface area contributed by atoms with E-state index in [0.717, 1.165) is 10.8 Å². The van der Waals surface area contributed by atoms with Gasteiger partial charge in [-0.15, -0.1) is 0 Å². The Kier molecular flexibility index (Phi) is 3.16. The molecule has 1 atom stereocenters. The topological polar surface area (TPSA) is 70.3 Å². The summed E-state index contributed by atoms with van der Waals surface area (Å²) < 4.78 is 4.86. The lowest BCUT2D eigenvalue weighted by atomic mass is 10.1. The Labute approximate surface area is 104 Å². The number of ether oxygens (including phenoxy) is 1. The van der Waals surface area contributed by atoms with Crippen molar-refractivity contribution in [1.29, 1.82) is 5.26 Å². The molecule has 0 amide bonds. The van der Waals surface area contributed by atoms with Crippen LogP contribution in [0.3, 0.4) is 0 Å². The molecule has 2 rings (SSSR count). The Morgan fingerprint density at radius 1 is 1.33 bits per heavy atom. The van der Waals surface area contributed by atoms with E-state index in [0.29, 0.717) is 0 Å². The summed E-state index contributed by atoms with van der Waals surface area (Å²) in [6.45, 7) is 1.47. The fourth-order valence-corrected chi connectivity index (χ4v) is 1.64. The number of fused-ring (bicyclic) bond motifs is 1. The lowest BCUT2D eigenvalue weighted by Crippen LogP contribution is -2.13. The van der Waals surface area contributed by atoms with Crippen molar-refractivity contribution < 1.29 is 14.6 Å². The first-order valence-corrected chi connectivity index (χ1v) is 5.44. The molecule has 0 fully saturated rings. The van der Waals surface area contributed by atoms with Gasteiger partial charge in [-0.1, -0.05) is 24.3 Å². The molecule has 0 aliphatic rings. The highest BCUT2D eigenvalue weighted by atomic mass is 16.5. The molecule has 0 aliphatic carbocycles. The van der Waals surface area contributed by atoms with E-state index in [1.54, 1.807) is 12.1 Å².